The average Bonchev–Trinajstić information content (AvgIpc) is 2.92. The summed E-state index contributed by atoms with van der Waals surface area (Å²) in [5.74, 6) is 1.12. The van der Waals surface area contributed by atoms with Gasteiger partial charge in [-0.25, -0.2) is 0 Å². The summed E-state index contributed by atoms with van der Waals surface area (Å²) in [6.45, 7) is 8.44. The minimum atomic E-state index is -0.113. The van der Waals surface area contributed by atoms with Crippen LogP contribution in [0.15, 0.2) is 6.20 Å². The first-order chi connectivity index (χ1) is 11.3. The Labute approximate surface area is 157 Å². The largest absolute Gasteiger partial charge is 0.349 e. The van der Waals surface area contributed by atoms with Crippen LogP contribution in [-0.4, -0.2) is 27.8 Å². The van der Waals surface area contributed by atoms with Gasteiger partial charge in [-0.3, -0.25) is 9.48 Å². The smallest absolute Gasteiger partial charge is 0.254 e. The normalized spacial score (nSPS) is 29.0. The maximum Gasteiger partial charge on any atom is 0.254 e. The lowest BCUT2D eigenvalue weighted by Gasteiger charge is -2.45. The van der Waals surface area contributed by atoms with E-state index in [4.69, 9.17) is 5.73 Å². The average molecular weight is 369 g/mol. The van der Waals surface area contributed by atoms with E-state index >= 15 is 0 Å². The molecule has 0 aliphatic heterocycles. The predicted octanol–water partition coefficient (Wildman–Crippen LogP) is 3.26. The van der Waals surface area contributed by atoms with Crippen molar-refractivity contribution < 1.29 is 4.79 Å². The number of nitrogens with one attached hydrogen (secondary N) is 1. The van der Waals surface area contributed by atoms with Crippen LogP contribution in [0.2, 0.25) is 0 Å². The summed E-state index contributed by atoms with van der Waals surface area (Å²) >= 11 is 0. The van der Waals surface area contributed by atoms with Gasteiger partial charge in [-0.05, 0) is 64.7 Å². The van der Waals surface area contributed by atoms with E-state index in [0.717, 1.165) is 30.5 Å². The van der Waals surface area contributed by atoms with Gasteiger partial charge in [-0.1, -0.05) is 13.3 Å². The van der Waals surface area contributed by atoms with Crippen molar-refractivity contribution in [1.29, 1.82) is 0 Å². The highest BCUT2D eigenvalue weighted by atomic mass is 35.5. The number of halogens is 1. The Hall–Kier alpha value is -1.07. The van der Waals surface area contributed by atoms with Crippen LogP contribution in [0.25, 0.3) is 0 Å². The lowest BCUT2D eigenvalue weighted by atomic mass is 9.67. The van der Waals surface area contributed by atoms with Gasteiger partial charge in [0.05, 0.1) is 23.0 Å². The maximum absolute atomic E-state index is 12.9. The minimum absolute atomic E-state index is 0. The number of nitrogens with zero attached hydrogens (tertiary/aromatic N) is 2. The van der Waals surface area contributed by atoms with Crippen LogP contribution in [0.1, 0.15) is 75.9 Å². The first kappa shape index (κ1) is 20.2. The van der Waals surface area contributed by atoms with E-state index in [2.05, 4.69) is 38.1 Å². The second-order valence-corrected chi connectivity index (χ2v) is 8.62. The van der Waals surface area contributed by atoms with Gasteiger partial charge in [0.25, 0.3) is 5.91 Å². The van der Waals surface area contributed by atoms with E-state index in [9.17, 15) is 4.79 Å². The van der Waals surface area contributed by atoms with E-state index in [1.165, 1.54) is 19.3 Å². The van der Waals surface area contributed by atoms with Crippen molar-refractivity contribution in [2.75, 3.05) is 0 Å². The zero-order valence-electron chi connectivity index (χ0n) is 15.9. The van der Waals surface area contributed by atoms with Crippen LogP contribution in [0.3, 0.4) is 0 Å². The molecule has 0 saturated heterocycles. The summed E-state index contributed by atoms with van der Waals surface area (Å²) in [7, 11) is 0. The molecule has 2 saturated carbocycles. The number of carbonyl (C=O) groups excluding carboxylic acids is 1. The molecule has 5 nitrogen and oxygen atoms in total. The molecule has 1 aromatic heterocycles. The van der Waals surface area contributed by atoms with Crippen LogP contribution < -0.4 is 11.1 Å². The fourth-order valence-corrected chi connectivity index (χ4v) is 4.74. The maximum atomic E-state index is 12.9. The molecule has 2 fully saturated rings. The molecule has 25 heavy (non-hydrogen) atoms. The van der Waals surface area contributed by atoms with Crippen LogP contribution in [-0.2, 0) is 12.0 Å². The molecule has 0 aromatic carbocycles. The minimum Gasteiger partial charge on any atom is -0.349 e. The molecule has 3 rings (SSSR count). The molecule has 1 heterocycles. The molecule has 6 heteroatoms. The second kappa shape index (κ2) is 7.67. The van der Waals surface area contributed by atoms with Gasteiger partial charge in [-0.2, -0.15) is 5.10 Å². The SMILES string of the molecule is CCc1c(C(=O)NC2C3CCCC2CC(N)C3)cnn1C(C)(C)C.Cl. The quantitative estimate of drug-likeness (QED) is 0.859. The Morgan fingerprint density at radius 2 is 1.92 bits per heavy atom. The van der Waals surface area contributed by atoms with Crippen molar-refractivity contribution in [3.63, 3.8) is 0 Å². The Morgan fingerprint density at radius 1 is 1.32 bits per heavy atom. The lowest BCUT2D eigenvalue weighted by molar-refractivity contribution is 0.0755. The zero-order valence-corrected chi connectivity index (χ0v) is 16.7. The van der Waals surface area contributed by atoms with Gasteiger partial charge in [0.15, 0.2) is 0 Å². The molecule has 2 bridgehead atoms. The van der Waals surface area contributed by atoms with Crippen LogP contribution in [0.5, 0.6) is 0 Å². The van der Waals surface area contributed by atoms with E-state index in [0.29, 0.717) is 17.9 Å². The van der Waals surface area contributed by atoms with Gasteiger partial charge in [0.2, 0.25) is 0 Å². The van der Waals surface area contributed by atoms with Crippen molar-refractivity contribution in [1.82, 2.24) is 15.1 Å². The summed E-state index contributed by atoms with van der Waals surface area (Å²) in [6.07, 6.45) is 8.30. The highest BCUT2D eigenvalue weighted by Crippen LogP contribution is 2.39. The summed E-state index contributed by atoms with van der Waals surface area (Å²) in [5.41, 5.74) is 7.85. The van der Waals surface area contributed by atoms with E-state index in [-0.39, 0.29) is 29.9 Å². The number of amides is 1. The fraction of sp³-hybridized carbons (Fsp3) is 0.789. The monoisotopic (exact) mass is 368 g/mol. The predicted molar refractivity (Wildman–Crippen MR) is 103 cm³/mol. The van der Waals surface area contributed by atoms with Gasteiger partial charge < -0.3 is 11.1 Å². The number of aromatic nitrogens is 2. The summed E-state index contributed by atoms with van der Waals surface area (Å²) in [6, 6.07) is 0.594. The Bertz CT molecular complexity index is 593. The van der Waals surface area contributed by atoms with Crippen molar-refractivity contribution in [3.05, 3.63) is 17.5 Å². The first-order valence-corrected chi connectivity index (χ1v) is 9.45. The molecule has 2 atom stereocenters. The lowest BCUT2D eigenvalue weighted by Crippen LogP contribution is -2.53. The van der Waals surface area contributed by atoms with E-state index < -0.39 is 0 Å². The standard InChI is InChI=1S/C19H32N4O.ClH/c1-5-16-15(11-21-23(16)19(2,3)4)18(24)22-17-12-7-6-8-13(17)10-14(20)9-12;/h11-14,17H,5-10,20H2,1-4H3,(H,22,24);1H. The van der Waals surface area contributed by atoms with Crippen molar-refractivity contribution in [3.8, 4) is 0 Å². The van der Waals surface area contributed by atoms with Crippen molar-refractivity contribution in [2.24, 2.45) is 17.6 Å². The highest BCUT2D eigenvalue weighted by molar-refractivity contribution is 5.95. The molecule has 142 valence electrons. The zero-order chi connectivity index (χ0) is 17.5. The third-order valence-electron chi connectivity index (χ3n) is 5.76. The fourth-order valence-electron chi connectivity index (χ4n) is 4.74. The summed E-state index contributed by atoms with van der Waals surface area (Å²) in [5, 5.41) is 7.84. The topological polar surface area (TPSA) is 72.9 Å². The summed E-state index contributed by atoms with van der Waals surface area (Å²) in [4.78, 5) is 12.9. The number of nitrogens with two attached hydrogens (primary N) is 1. The molecular weight excluding hydrogens is 336 g/mol. The highest BCUT2D eigenvalue weighted by Gasteiger charge is 2.40. The Kier molecular flexibility index (Phi) is 6.21. The van der Waals surface area contributed by atoms with E-state index in [1.54, 1.807) is 6.20 Å². The molecular formula is C19H33ClN4O. The second-order valence-electron chi connectivity index (χ2n) is 8.62. The van der Waals surface area contributed by atoms with Gasteiger partial charge in [0.1, 0.15) is 0 Å². The van der Waals surface area contributed by atoms with E-state index in [1.807, 2.05) is 4.68 Å². The van der Waals surface area contributed by atoms with Gasteiger partial charge >= 0.3 is 0 Å². The van der Waals surface area contributed by atoms with Crippen LogP contribution in [0, 0.1) is 11.8 Å². The number of rotatable bonds is 3. The molecule has 0 radical (unpaired) electrons. The van der Waals surface area contributed by atoms with Crippen LogP contribution >= 0.6 is 12.4 Å². The molecule has 1 aromatic rings. The molecule has 2 unspecified atom stereocenters. The van der Waals surface area contributed by atoms with Crippen LogP contribution in [0.4, 0.5) is 0 Å². The number of fused-ring (bicyclic) bond motifs is 2. The Morgan fingerprint density at radius 3 is 2.44 bits per heavy atom. The first-order valence-electron chi connectivity index (χ1n) is 9.45. The number of hydrogen-bond donors (Lipinski definition) is 2. The molecule has 2 aliphatic carbocycles. The molecule has 2 aliphatic rings. The van der Waals surface area contributed by atoms with Gasteiger partial charge in [-0.15, -0.1) is 12.4 Å². The third kappa shape index (κ3) is 4.03. The van der Waals surface area contributed by atoms with Crippen molar-refractivity contribution in [2.45, 2.75) is 83.8 Å². The third-order valence-corrected chi connectivity index (χ3v) is 5.76. The van der Waals surface area contributed by atoms with Crippen molar-refractivity contribution >= 4 is 18.3 Å². The number of carbonyl (C=O) groups is 1. The number of hydrogen-bond acceptors (Lipinski definition) is 3. The molecule has 1 amide bonds. The summed E-state index contributed by atoms with van der Waals surface area (Å²) < 4.78 is 1.99. The van der Waals surface area contributed by atoms with Gasteiger partial charge in [0, 0.05) is 12.1 Å². The Balaban J connectivity index is 0.00000225. The molecule has 0 spiro atoms. The molecule has 3 N–H and O–H groups in total.